The van der Waals surface area contributed by atoms with Crippen LogP contribution in [0.5, 0.6) is 17.2 Å². The van der Waals surface area contributed by atoms with Gasteiger partial charge in [0.1, 0.15) is 5.75 Å². The number of carbonyl (C=O) groups excluding carboxylic acids is 3. The van der Waals surface area contributed by atoms with Gasteiger partial charge in [0.05, 0.1) is 17.0 Å². The minimum Gasteiger partial charge on any atom is -0.454 e. The Bertz CT molecular complexity index is 1640. The Morgan fingerprint density at radius 1 is 0.974 bits per heavy atom. The number of rotatable bonds is 5. The molecule has 1 saturated heterocycles. The summed E-state index contributed by atoms with van der Waals surface area (Å²) >= 11 is 7.18. The summed E-state index contributed by atoms with van der Waals surface area (Å²) in [5, 5.41) is 1.75. The highest BCUT2D eigenvalue weighted by molar-refractivity contribution is 8.18. The smallest absolute Gasteiger partial charge is 0.344 e. The monoisotopic (exact) mass is 543 g/mol. The van der Waals surface area contributed by atoms with Gasteiger partial charge in [0.15, 0.2) is 11.5 Å². The molecule has 188 valence electrons. The maximum atomic E-state index is 13.0. The summed E-state index contributed by atoms with van der Waals surface area (Å²) in [6.45, 7) is 0.112. The lowest BCUT2D eigenvalue weighted by Crippen LogP contribution is -2.27. The maximum absolute atomic E-state index is 13.0. The van der Waals surface area contributed by atoms with E-state index in [0.29, 0.717) is 39.0 Å². The quantitative estimate of drug-likeness (QED) is 0.158. The van der Waals surface area contributed by atoms with Gasteiger partial charge in [0.2, 0.25) is 6.79 Å². The van der Waals surface area contributed by atoms with Crippen molar-refractivity contribution in [3.05, 3.63) is 105 Å². The Morgan fingerprint density at radius 2 is 1.71 bits per heavy atom. The number of imide groups is 1. The first-order chi connectivity index (χ1) is 18.5. The van der Waals surface area contributed by atoms with Crippen molar-refractivity contribution in [2.75, 3.05) is 6.79 Å². The molecule has 4 aromatic rings. The number of benzene rings is 4. The van der Waals surface area contributed by atoms with Gasteiger partial charge in [-0.15, -0.1) is 0 Å². The fraction of sp³-hybridized carbons (Fsp3) is 0.0690. The van der Waals surface area contributed by atoms with Crippen molar-refractivity contribution in [2.24, 2.45) is 0 Å². The Morgan fingerprint density at radius 3 is 2.53 bits per heavy atom. The van der Waals surface area contributed by atoms with E-state index in [1.54, 1.807) is 48.5 Å². The molecule has 2 amide bonds. The minimum absolute atomic E-state index is 0.0144. The maximum Gasteiger partial charge on any atom is 0.344 e. The highest BCUT2D eigenvalue weighted by atomic mass is 35.5. The molecule has 9 heteroatoms. The third kappa shape index (κ3) is 4.60. The van der Waals surface area contributed by atoms with E-state index < -0.39 is 17.1 Å². The van der Waals surface area contributed by atoms with Crippen molar-refractivity contribution in [3.8, 4) is 17.2 Å². The zero-order valence-corrected chi connectivity index (χ0v) is 21.3. The molecule has 2 aliphatic heterocycles. The molecule has 0 N–H and O–H groups in total. The molecule has 1 fully saturated rings. The number of thioether (sulfide) groups is 1. The number of hydrogen-bond acceptors (Lipinski definition) is 7. The van der Waals surface area contributed by atoms with Crippen molar-refractivity contribution in [3.63, 3.8) is 0 Å². The zero-order valence-electron chi connectivity index (χ0n) is 19.7. The van der Waals surface area contributed by atoms with Gasteiger partial charge >= 0.3 is 5.97 Å². The van der Waals surface area contributed by atoms with Crippen LogP contribution >= 0.6 is 23.4 Å². The number of hydrogen-bond donors (Lipinski definition) is 0. The number of halogens is 1. The Kier molecular flexibility index (Phi) is 6.27. The molecular formula is C29H18ClNO6S. The topological polar surface area (TPSA) is 82.1 Å². The summed E-state index contributed by atoms with van der Waals surface area (Å²) in [6, 6.07) is 23.1. The molecule has 38 heavy (non-hydrogen) atoms. The Labute approximate surface area is 226 Å². The normalized spacial score (nSPS) is 15.5. The molecule has 2 heterocycles. The first kappa shape index (κ1) is 24.1. The van der Waals surface area contributed by atoms with E-state index in [9.17, 15) is 14.4 Å². The van der Waals surface area contributed by atoms with E-state index in [4.69, 9.17) is 25.8 Å². The fourth-order valence-corrected chi connectivity index (χ4v) is 5.29. The van der Waals surface area contributed by atoms with Crippen LogP contribution in [0.2, 0.25) is 5.02 Å². The second-order valence-electron chi connectivity index (χ2n) is 8.55. The highest BCUT2D eigenvalue weighted by Gasteiger charge is 2.35. The van der Waals surface area contributed by atoms with Crippen LogP contribution in [0.3, 0.4) is 0 Å². The number of carbonyl (C=O) groups is 3. The molecule has 6 rings (SSSR count). The molecule has 0 atom stereocenters. The van der Waals surface area contributed by atoms with Crippen LogP contribution < -0.4 is 14.2 Å². The molecule has 0 aliphatic carbocycles. The summed E-state index contributed by atoms with van der Waals surface area (Å²) in [5.74, 6) is 0.538. The molecule has 0 radical (unpaired) electrons. The lowest BCUT2D eigenvalue weighted by molar-refractivity contribution is -0.123. The number of nitrogens with zero attached hydrogens (tertiary/aromatic N) is 1. The summed E-state index contributed by atoms with van der Waals surface area (Å²) in [7, 11) is 0. The van der Waals surface area contributed by atoms with Gasteiger partial charge in [0.25, 0.3) is 11.1 Å². The molecule has 4 aromatic carbocycles. The predicted molar refractivity (Wildman–Crippen MR) is 144 cm³/mol. The molecule has 0 spiro atoms. The van der Waals surface area contributed by atoms with Gasteiger partial charge in [-0.05, 0) is 64.0 Å². The van der Waals surface area contributed by atoms with Gasteiger partial charge in [0, 0.05) is 11.1 Å². The second-order valence-corrected chi connectivity index (χ2v) is 9.95. The highest BCUT2D eigenvalue weighted by Crippen LogP contribution is 2.39. The molecule has 0 aromatic heterocycles. The number of ether oxygens (including phenoxy) is 3. The number of fused-ring (bicyclic) bond motifs is 2. The lowest BCUT2D eigenvalue weighted by Gasteiger charge is -2.14. The van der Waals surface area contributed by atoms with E-state index in [-0.39, 0.29) is 18.2 Å². The van der Waals surface area contributed by atoms with Gasteiger partial charge in [-0.2, -0.15) is 0 Å². The van der Waals surface area contributed by atoms with Crippen molar-refractivity contribution in [1.82, 2.24) is 4.90 Å². The minimum atomic E-state index is -0.460. The van der Waals surface area contributed by atoms with Gasteiger partial charge in [-0.3, -0.25) is 14.5 Å². The SMILES string of the molecule is O=C(Oc1ccc(/C=C2\SC(=O)N(Cc3cc4c(cc3Cl)OCO4)C2=O)cc1)c1cccc2ccccc12. The zero-order chi connectivity index (χ0) is 26.2. The summed E-state index contributed by atoms with van der Waals surface area (Å²) in [5.41, 5.74) is 1.74. The largest absolute Gasteiger partial charge is 0.454 e. The average Bonchev–Trinajstić information content (AvgIpc) is 3.48. The fourth-order valence-electron chi connectivity index (χ4n) is 4.24. The first-order valence-corrected chi connectivity index (χ1v) is 12.8. The van der Waals surface area contributed by atoms with E-state index in [2.05, 4.69) is 0 Å². The van der Waals surface area contributed by atoms with E-state index in [1.165, 1.54) is 0 Å². The number of amides is 2. The third-order valence-electron chi connectivity index (χ3n) is 6.14. The van der Waals surface area contributed by atoms with Crippen molar-refractivity contribution < 1.29 is 28.6 Å². The second kappa shape index (κ2) is 9.89. The van der Waals surface area contributed by atoms with Crippen LogP contribution in [-0.2, 0) is 11.3 Å². The van der Waals surface area contributed by atoms with Crippen LogP contribution in [0.4, 0.5) is 4.79 Å². The van der Waals surface area contributed by atoms with Gasteiger partial charge in [-0.25, -0.2) is 4.79 Å². The number of esters is 1. The third-order valence-corrected chi connectivity index (χ3v) is 7.40. The van der Waals surface area contributed by atoms with Crippen molar-refractivity contribution in [2.45, 2.75) is 6.54 Å². The van der Waals surface area contributed by atoms with Crippen LogP contribution in [0.1, 0.15) is 21.5 Å². The van der Waals surface area contributed by atoms with E-state index >= 15 is 0 Å². The van der Waals surface area contributed by atoms with Crippen molar-refractivity contribution >= 4 is 57.3 Å². The average molecular weight is 544 g/mol. The predicted octanol–water partition coefficient (Wildman–Crippen LogP) is 6.68. The standard InChI is InChI=1S/C29H18ClNO6S/c30-23-14-25-24(35-16-36-25)13-19(23)15-31-27(32)26(38-29(31)34)12-17-8-10-20(11-9-17)37-28(33)22-7-3-5-18-4-1-2-6-21(18)22/h1-14H,15-16H2/b26-12-. The summed E-state index contributed by atoms with van der Waals surface area (Å²) in [6.07, 6.45) is 1.63. The van der Waals surface area contributed by atoms with Crippen LogP contribution in [-0.4, -0.2) is 28.8 Å². The van der Waals surface area contributed by atoms with E-state index in [0.717, 1.165) is 27.4 Å². The Balaban J connectivity index is 1.16. The summed E-state index contributed by atoms with van der Waals surface area (Å²) < 4.78 is 16.2. The molecule has 0 saturated carbocycles. The Hall–Kier alpha value is -4.27. The summed E-state index contributed by atoms with van der Waals surface area (Å²) in [4.78, 5) is 39.8. The van der Waals surface area contributed by atoms with Crippen LogP contribution in [0.15, 0.2) is 83.8 Å². The molecule has 0 unspecified atom stereocenters. The molecular weight excluding hydrogens is 526 g/mol. The molecule has 7 nitrogen and oxygen atoms in total. The van der Waals surface area contributed by atoms with Crippen LogP contribution in [0.25, 0.3) is 16.8 Å². The lowest BCUT2D eigenvalue weighted by atomic mass is 10.0. The van der Waals surface area contributed by atoms with Gasteiger partial charge < -0.3 is 14.2 Å². The first-order valence-electron chi connectivity index (χ1n) is 11.6. The van der Waals surface area contributed by atoms with Crippen LogP contribution in [0, 0.1) is 0 Å². The molecule has 2 aliphatic rings. The molecule has 0 bridgehead atoms. The van der Waals surface area contributed by atoms with Crippen molar-refractivity contribution in [1.29, 1.82) is 0 Å². The van der Waals surface area contributed by atoms with Gasteiger partial charge in [-0.1, -0.05) is 60.1 Å². The van der Waals surface area contributed by atoms with E-state index in [1.807, 2.05) is 36.4 Å².